The van der Waals surface area contributed by atoms with Crippen molar-refractivity contribution in [3.05, 3.63) is 24.3 Å². The van der Waals surface area contributed by atoms with Gasteiger partial charge in [-0.1, -0.05) is 50.8 Å². The van der Waals surface area contributed by atoms with E-state index in [-0.39, 0.29) is 5.97 Å². The molecule has 0 radical (unpaired) electrons. The van der Waals surface area contributed by atoms with Crippen LogP contribution in [0.4, 0.5) is 0 Å². The molecular formula is C14H24O2. The first-order valence-corrected chi connectivity index (χ1v) is 6.24. The number of allylic oxidation sites excluding steroid dienone is 3. The summed E-state index contributed by atoms with van der Waals surface area (Å²) in [6, 6.07) is 0. The van der Waals surface area contributed by atoms with Crippen LogP contribution in [0.1, 0.15) is 52.4 Å². The normalized spacial score (nSPS) is 11.4. The number of hydrogen-bond donors (Lipinski definition) is 0. The summed E-state index contributed by atoms with van der Waals surface area (Å²) in [6.45, 7) is 4.52. The van der Waals surface area contributed by atoms with Gasteiger partial charge in [-0.2, -0.15) is 0 Å². The average Bonchev–Trinajstić information content (AvgIpc) is 2.28. The van der Waals surface area contributed by atoms with E-state index in [0.717, 1.165) is 12.8 Å². The lowest BCUT2D eigenvalue weighted by molar-refractivity contribution is -0.142. The largest absolute Gasteiger partial charge is 0.461 e. The van der Waals surface area contributed by atoms with Crippen molar-refractivity contribution < 1.29 is 9.53 Å². The molecule has 0 bridgehead atoms. The summed E-state index contributed by atoms with van der Waals surface area (Å²) in [6.07, 6.45) is 14.0. The van der Waals surface area contributed by atoms with E-state index in [1.807, 2.05) is 31.2 Å². The van der Waals surface area contributed by atoms with Gasteiger partial charge in [0.15, 0.2) is 0 Å². The molecule has 0 aliphatic heterocycles. The Morgan fingerprint density at radius 3 is 2.56 bits per heavy atom. The van der Waals surface area contributed by atoms with Crippen LogP contribution >= 0.6 is 0 Å². The number of carbonyl (C=O) groups is 1. The van der Waals surface area contributed by atoms with E-state index >= 15 is 0 Å². The van der Waals surface area contributed by atoms with Crippen LogP contribution < -0.4 is 0 Å². The Morgan fingerprint density at radius 2 is 1.88 bits per heavy atom. The van der Waals surface area contributed by atoms with Crippen molar-refractivity contribution in [3.63, 3.8) is 0 Å². The third-order valence-electron chi connectivity index (χ3n) is 2.26. The van der Waals surface area contributed by atoms with Crippen molar-refractivity contribution >= 4 is 5.97 Å². The first-order valence-electron chi connectivity index (χ1n) is 6.24. The fourth-order valence-corrected chi connectivity index (χ4v) is 1.33. The van der Waals surface area contributed by atoms with Crippen LogP contribution in [0.2, 0.25) is 0 Å². The van der Waals surface area contributed by atoms with Crippen LogP contribution in [-0.2, 0) is 9.53 Å². The summed E-state index contributed by atoms with van der Waals surface area (Å²) in [5, 5.41) is 0. The van der Waals surface area contributed by atoms with Crippen LogP contribution in [-0.4, -0.2) is 12.6 Å². The SMILES string of the molecule is CC=CC=CCOC(=O)CCCCCCC. The van der Waals surface area contributed by atoms with Gasteiger partial charge in [-0.15, -0.1) is 0 Å². The van der Waals surface area contributed by atoms with Crippen LogP contribution in [0, 0.1) is 0 Å². The highest BCUT2D eigenvalue weighted by molar-refractivity contribution is 5.69. The summed E-state index contributed by atoms with van der Waals surface area (Å²) in [7, 11) is 0. The number of rotatable bonds is 9. The van der Waals surface area contributed by atoms with Gasteiger partial charge in [0.2, 0.25) is 0 Å². The molecule has 0 rings (SSSR count). The zero-order chi connectivity index (χ0) is 12.1. The molecule has 0 aromatic rings. The maximum atomic E-state index is 11.2. The minimum Gasteiger partial charge on any atom is -0.461 e. The van der Waals surface area contributed by atoms with Crippen molar-refractivity contribution in [1.29, 1.82) is 0 Å². The predicted octanol–water partition coefficient (Wildman–Crippen LogP) is 4.02. The molecule has 0 atom stereocenters. The van der Waals surface area contributed by atoms with Gasteiger partial charge in [-0.3, -0.25) is 4.79 Å². The summed E-state index contributed by atoms with van der Waals surface area (Å²) in [5.41, 5.74) is 0. The van der Waals surface area contributed by atoms with Crippen molar-refractivity contribution in [1.82, 2.24) is 0 Å². The van der Waals surface area contributed by atoms with Crippen LogP contribution in [0.15, 0.2) is 24.3 Å². The second kappa shape index (κ2) is 12.0. The second-order valence-electron chi connectivity index (χ2n) is 3.80. The minimum absolute atomic E-state index is 0.0818. The van der Waals surface area contributed by atoms with E-state index in [1.165, 1.54) is 19.3 Å². The zero-order valence-corrected chi connectivity index (χ0v) is 10.6. The quantitative estimate of drug-likeness (QED) is 0.336. The molecule has 0 aliphatic carbocycles. The van der Waals surface area contributed by atoms with Gasteiger partial charge in [0, 0.05) is 6.42 Å². The molecule has 92 valence electrons. The third-order valence-corrected chi connectivity index (χ3v) is 2.26. The fourth-order valence-electron chi connectivity index (χ4n) is 1.33. The van der Waals surface area contributed by atoms with E-state index in [4.69, 9.17) is 4.74 Å². The van der Waals surface area contributed by atoms with E-state index in [2.05, 4.69) is 6.92 Å². The standard InChI is InChI=1S/C14H24O2/c1-3-5-7-9-10-12-14(15)16-13-11-8-6-4-2/h4,6,8,11H,3,5,7,9-10,12-13H2,1-2H3. The Balaban J connectivity index is 3.31. The smallest absolute Gasteiger partial charge is 0.306 e. The Hall–Kier alpha value is -1.05. The van der Waals surface area contributed by atoms with Gasteiger partial charge in [0.1, 0.15) is 6.61 Å². The minimum atomic E-state index is -0.0818. The van der Waals surface area contributed by atoms with Gasteiger partial charge in [0.25, 0.3) is 0 Å². The van der Waals surface area contributed by atoms with Crippen LogP contribution in [0.3, 0.4) is 0 Å². The first-order chi connectivity index (χ1) is 7.81. The van der Waals surface area contributed by atoms with Crippen molar-refractivity contribution in [2.45, 2.75) is 52.4 Å². The zero-order valence-electron chi connectivity index (χ0n) is 10.6. The lowest BCUT2D eigenvalue weighted by Gasteiger charge is -2.01. The topological polar surface area (TPSA) is 26.3 Å². The number of unbranched alkanes of at least 4 members (excludes halogenated alkanes) is 4. The molecular weight excluding hydrogens is 200 g/mol. The number of ether oxygens (including phenoxy) is 1. The molecule has 0 N–H and O–H groups in total. The molecule has 0 aromatic heterocycles. The third kappa shape index (κ3) is 11.0. The Bertz CT molecular complexity index is 217. The van der Waals surface area contributed by atoms with E-state index in [9.17, 15) is 4.79 Å². The highest BCUT2D eigenvalue weighted by atomic mass is 16.5. The van der Waals surface area contributed by atoms with Gasteiger partial charge in [-0.25, -0.2) is 0 Å². The number of esters is 1. The summed E-state index contributed by atoms with van der Waals surface area (Å²) in [5.74, 6) is -0.0818. The lowest BCUT2D eigenvalue weighted by atomic mass is 10.1. The Kier molecular flexibility index (Phi) is 11.2. The van der Waals surface area contributed by atoms with Crippen molar-refractivity contribution in [2.75, 3.05) is 6.61 Å². The van der Waals surface area contributed by atoms with Gasteiger partial charge >= 0.3 is 5.97 Å². The second-order valence-corrected chi connectivity index (χ2v) is 3.80. The highest BCUT2D eigenvalue weighted by Gasteiger charge is 2.00. The predicted molar refractivity (Wildman–Crippen MR) is 68.3 cm³/mol. The van der Waals surface area contributed by atoms with E-state index in [0.29, 0.717) is 13.0 Å². The van der Waals surface area contributed by atoms with E-state index < -0.39 is 0 Å². The molecule has 0 fully saturated rings. The van der Waals surface area contributed by atoms with Crippen LogP contribution in [0.25, 0.3) is 0 Å². The molecule has 0 amide bonds. The molecule has 0 aromatic carbocycles. The fraction of sp³-hybridized carbons (Fsp3) is 0.643. The molecule has 0 unspecified atom stereocenters. The highest BCUT2D eigenvalue weighted by Crippen LogP contribution is 2.05. The van der Waals surface area contributed by atoms with Crippen molar-refractivity contribution in [2.24, 2.45) is 0 Å². The summed E-state index contributed by atoms with van der Waals surface area (Å²) in [4.78, 5) is 11.2. The Morgan fingerprint density at radius 1 is 1.12 bits per heavy atom. The van der Waals surface area contributed by atoms with Crippen molar-refractivity contribution in [3.8, 4) is 0 Å². The van der Waals surface area contributed by atoms with Gasteiger partial charge < -0.3 is 4.74 Å². The molecule has 16 heavy (non-hydrogen) atoms. The molecule has 0 saturated carbocycles. The van der Waals surface area contributed by atoms with Gasteiger partial charge in [0.05, 0.1) is 0 Å². The summed E-state index contributed by atoms with van der Waals surface area (Å²) >= 11 is 0. The molecule has 2 heteroatoms. The Labute approximate surface area is 99.4 Å². The first kappa shape index (κ1) is 14.9. The maximum Gasteiger partial charge on any atom is 0.306 e. The monoisotopic (exact) mass is 224 g/mol. The van der Waals surface area contributed by atoms with Gasteiger partial charge in [-0.05, 0) is 19.4 Å². The number of hydrogen-bond acceptors (Lipinski definition) is 2. The summed E-state index contributed by atoms with van der Waals surface area (Å²) < 4.78 is 5.04. The van der Waals surface area contributed by atoms with E-state index in [1.54, 1.807) is 0 Å². The molecule has 0 spiro atoms. The molecule has 0 saturated heterocycles. The molecule has 0 heterocycles. The number of carbonyl (C=O) groups excluding carboxylic acids is 1. The molecule has 0 aliphatic rings. The molecule has 2 nitrogen and oxygen atoms in total. The lowest BCUT2D eigenvalue weighted by Crippen LogP contribution is -2.03. The maximum absolute atomic E-state index is 11.2. The van der Waals surface area contributed by atoms with Crippen LogP contribution in [0.5, 0.6) is 0 Å². The average molecular weight is 224 g/mol.